The van der Waals surface area contributed by atoms with Crippen LogP contribution >= 0.6 is 34.5 Å². The normalized spacial score (nSPS) is 11.1. The second kappa shape index (κ2) is 5.63. The first-order valence-corrected chi connectivity index (χ1v) is 7.79. The molecule has 0 fully saturated rings. The summed E-state index contributed by atoms with van der Waals surface area (Å²) in [4.78, 5) is 16.5. The summed E-state index contributed by atoms with van der Waals surface area (Å²) < 4.78 is 3.12. The van der Waals surface area contributed by atoms with E-state index in [9.17, 15) is 9.90 Å². The minimum Gasteiger partial charge on any atom is -0.839 e. The molecule has 3 heterocycles. The van der Waals surface area contributed by atoms with Crippen molar-refractivity contribution in [3.8, 4) is 5.88 Å². The maximum Gasteiger partial charge on any atom is 0.346 e. The van der Waals surface area contributed by atoms with Crippen LogP contribution in [0.1, 0.15) is 16.1 Å². The van der Waals surface area contributed by atoms with Gasteiger partial charge in [-0.05, 0) is 6.07 Å². The minimum atomic E-state index is -0.386. The number of aromatic nitrogens is 3. The van der Waals surface area contributed by atoms with Gasteiger partial charge in [0.15, 0.2) is 0 Å². The van der Waals surface area contributed by atoms with Crippen molar-refractivity contribution in [3.63, 3.8) is 0 Å². The quantitative estimate of drug-likeness (QED) is 0.315. The Balaban J connectivity index is 2.10. The van der Waals surface area contributed by atoms with E-state index >= 15 is 0 Å². The van der Waals surface area contributed by atoms with E-state index in [2.05, 4.69) is 4.98 Å². The van der Waals surface area contributed by atoms with Crippen molar-refractivity contribution >= 4 is 45.3 Å². The Labute approximate surface area is 134 Å². The fourth-order valence-corrected chi connectivity index (χ4v) is 3.18. The van der Waals surface area contributed by atoms with Gasteiger partial charge in [0, 0.05) is 17.1 Å². The molecular formula is C13H9Cl2N3O2S. The number of hydrogen-bond acceptors (Lipinski definition) is 4. The Morgan fingerprint density at radius 2 is 2.29 bits per heavy atom. The molecule has 0 atom stereocenters. The van der Waals surface area contributed by atoms with Gasteiger partial charge in [-0.2, -0.15) is 4.40 Å². The Morgan fingerprint density at radius 3 is 2.95 bits per heavy atom. The van der Waals surface area contributed by atoms with Crippen LogP contribution in [-0.2, 0) is 6.54 Å². The lowest BCUT2D eigenvalue weighted by Gasteiger charge is -2.06. The number of Topliss-reactive ketones (excluding diaryl/α,β-unsaturated/α-hetero) is 1. The molecule has 0 radical (unpaired) electrons. The molecule has 108 valence electrons. The number of ketones is 1. The second-order valence-corrected chi connectivity index (χ2v) is 5.87. The van der Waals surface area contributed by atoms with Gasteiger partial charge >= 0.3 is 4.96 Å². The van der Waals surface area contributed by atoms with Crippen LogP contribution in [0, 0.1) is 0 Å². The van der Waals surface area contributed by atoms with Crippen LogP contribution in [0.3, 0.4) is 0 Å². The average Bonchev–Trinajstić information content (AvgIpc) is 3.03. The zero-order valence-electron chi connectivity index (χ0n) is 10.6. The number of fused-ring (bicyclic) bond motifs is 1. The summed E-state index contributed by atoms with van der Waals surface area (Å²) in [7, 11) is 0. The van der Waals surface area contributed by atoms with Crippen molar-refractivity contribution in [2.45, 2.75) is 6.54 Å². The molecular weight excluding hydrogens is 333 g/mol. The highest BCUT2D eigenvalue weighted by molar-refractivity contribution is 7.14. The standard InChI is InChI=1S/C13H9Cl2N3O2S/c14-5-9(19)11-12(20)18(13-17(11)3-4-21-13)7-8-1-2-10(15)16-6-8/h1-4,6H,5,7H2. The van der Waals surface area contributed by atoms with Gasteiger partial charge in [-0.1, -0.05) is 29.0 Å². The first-order chi connectivity index (χ1) is 10.1. The molecule has 8 heteroatoms. The maximum absolute atomic E-state index is 12.4. The zero-order valence-corrected chi connectivity index (χ0v) is 13.0. The highest BCUT2D eigenvalue weighted by Gasteiger charge is 2.25. The summed E-state index contributed by atoms with van der Waals surface area (Å²) in [6.45, 7) is 0.322. The zero-order chi connectivity index (χ0) is 15.0. The molecule has 3 aromatic heterocycles. The Bertz CT molecular complexity index is 811. The van der Waals surface area contributed by atoms with E-state index in [1.165, 1.54) is 15.9 Å². The lowest BCUT2D eigenvalue weighted by molar-refractivity contribution is -0.511. The number of halogens is 2. The van der Waals surface area contributed by atoms with Crippen molar-refractivity contribution in [1.29, 1.82) is 0 Å². The summed E-state index contributed by atoms with van der Waals surface area (Å²) in [6, 6.07) is 3.45. The van der Waals surface area contributed by atoms with Gasteiger partial charge in [-0.15, -0.1) is 11.6 Å². The predicted molar refractivity (Wildman–Crippen MR) is 78.3 cm³/mol. The molecule has 0 aliphatic rings. The van der Waals surface area contributed by atoms with Gasteiger partial charge in [0.1, 0.15) is 23.8 Å². The Morgan fingerprint density at radius 1 is 1.48 bits per heavy atom. The number of nitrogens with zero attached hydrogens (tertiary/aromatic N) is 3. The van der Waals surface area contributed by atoms with Crippen molar-refractivity contribution in [1.82, 2.24) is 9.55 Å². The van der Waals surface area contributed by atoms with Crippen molar-refractivity contribution in [2.24, 2.45) is 0 Å². The van der Waals surface area contributed by atoms with E-state index in [1.54, 1.807) is 28.9 Å². The number of alkyl halides is 1. The molecule has 0 saturated carbocycles. The largest absolute Gasteiger partial charge is 0.839 e. The lowest BCUT2D eigenvalue weighted by Crippen LogP contribution is -2.26. The lowest BCUT2D eigenvalue weighted by atomic mass is 10.3. The molecule has 0 amide bonds. The molecule has 0 N–H and O–H groups in total. The average molecular weight is 342 g/mol. The van der Waals surface area contributed by atoms with Crippen LogP contribution in [0.4, 0.5) is 0 Å². The van der Waals surface area contributed by atoms with Crippen LogP contribution in [0.25, 0.3) is 4.96 Å². The van der Waals surface area contributed by atoms with E-state index in [1.807, 2.05) is 5.38 Å². The second-order valence-electron chi connectivity index (χ2n) is 4.34. The van der Waals surface area contributed by atoms with E-state index in [0.29, 0.717) is 16.7 Å². The highest BCUT2D eigenvalue weighted by atomic mass is 35.5. The Kier molecular flexibility index (Phi) is 3.84. The van der Waals surface area contributed by atoms with Crippen LogP contribution in [-0.4, -0.2) is 21.2 Å². The molecule has 0 spiro atoms. The van der Waals surface area contributed by atoms with Gasteiger partial charge in [-0.3, -0.25) is 4.79 Å². The van der Waals surface area contributed by atoms with Gasteiger partial charge in [0.05, 0.1) is 5.88 Å². The third-order valence-electron chi connectivity index (χ3n) is 3.02. The number of rotatable bonds is 4. The number of thiazole rings is 1. The molecule has 21 heavy (non-hydrogen) atoms. The third kappa shape index (κ3) is 2.50. The summed E-state index contributed by atoms with van der Waals surface area (Å²) >= 11 is 12.7. The van der Waals surface area contributed by atoms with Crippen LogP contribution in [0.15, 0.2) is 29.9 Å². The van der Waals surface area contributed by atoms with Crippen molar-refractivity contribution in [3.05, 3.63) is 46.3 Å². The van der Waals surface area contributed by atoms with Gasteiger partial charge in [0.25, 0.3) is 0 Å². The van der Waals surface area contributed by atoms with E-state index in [0.717, 1.165) is 5.56 Å². The molecule has 0 saturated heterocycles. The number of carbonyl (C=O) groups excluding carboxylic acids is 1. The fraction of sp³-hybridized carbons (Fsp3) is 0.154. The summed E-state index contributed by atoms with van der Waals surface area (Å²) in [5, 5.41) is 14.7. The van der Waals surface area contributed by atoms with Crippen LogP contribution in [0.5, 0.6) is 5.88 Å². The van der Waals surface area contributed by atoms with E-state index in [4.69, 9.17) is 23.2 Å². The van der Waals surface area contributed by atoms with Crippen LogP contribution in [0.2, 0.25) is 5.15 Å². The van der Waals surface area contributed by atoms with Crippen LogP contribution < -0.4 is 9.51 Å². The number of imidazole rings is 1. The molecule has 3 rings (SSSR count). The van der Waals surface area contributed by atoms with E-state index < -0.39 is 0 Å². The molecule has 3 aromatic rings. The van der Waals surface area contributed by atoms with Gasteiger partial charge in [0.2, 0.25) is 11.5 Å². The first-order valence-electron chi connectivity index (χ1n) is 5.99. The van der Waals surface area contributed by atoms with Gasteiger partial charge < -0.3 is 5.11 Å². The van der Waals surface area contributed by atoms with E-state index in [-0.39, 0.29) is 23.2 Å². The molecule has 0 bridgehead atoms. The smallest absolute Gasteiger partial charge is 0.346 e. The monoisotopic (exact) mass is 341 g/mol. The molecule has 0 unspecified atom stereocenters. The fourth-order valence-electron chi connectivity index (χ4n) is 2.09. The summed E-state index contributed by atoms with van der Waals surface area (Å²) in [5.74, 6) is -0.954. The number of hydrogen-bond donors (Lipinski definition) is 0. The highest BCUT2D eigenvalue weighted by Crippen LogP contribution is 2.21. The molecule has 0 aromatic carbocycles. The molecule has 0 aliphatic heterocycles. The number of carbonyl (C=O) groups is 1. The van der Waals surface area contributed by atoms with Crippen molar-refractivity contribution < 1.29 is 14.3 Å². The number of pyridine rings is 1. The minimum absolute atomic E-state index is 0.0863. The maximum atomic E-state index is 12.4. The first kappa shape index (κ1) is 14.3. The molecule has 0 aliphatic carbocycles. The SMILES string of the molecule is O=C(CCl)c1c([O-])n(Cc2ccc(Cl)nc2)c2scc[n+]12. The third-order valence-corrected chi connectivity index (χ3v) is 4.38. The summed E-state index contributed by atoms with van der Waals surface area (Å²) in [5.41, 5.74) is 0.912. The predicted octanol–water partition coefficient (Wildman–Crippen LogP) is 1.88. The van der Waals surface area contributed by atoms with Gasteiger partial charge in [-0.25, -0.2) is 9.55 Å². The summed E-state index contributed by atoms with van der Waals surface area (Å²) in [6.07, 6.45) is 3.30. The molecule has 5 nitrogen and oxygen atoms in total. The topological polar surface area (TPSA) is 62.0 Å². The Hall–Kier alpha value is -1.63. The van der Waals surface area contributed by atoms with Crippen molar-refractivity contribution in [2.75, 3.05) is 5.88 Å².